The van der Waals surface area contributed by atoms with Crippen molar-refractivity contribution in [1.29, 1.82) is 0 Å². The van der Waals surface area contributed by atoms with Crippen LogP contribution in [0.1, 0.15) is 12.5 Å². The van der Waals surface area contributed by atoms with Gasteiger partial charge in [0, 0.05) is 0 Å². The molecule has 0 aromatic heterocycles. The zero-order valence-corrected chi connectivity index (χ0v) is 13.4. The van der Waals surface area contributed by atoms with E-state index in [-0.39, 0.29) is 12.5 Å². The van der Waals surface area contributed by atoms with Crippen LogP contribution >= 0.6 is 11.6 Å². The Morgan fingerprint density at radius 2 is 2.04 bits per heavy atom. The van der Waals surface area contributed by atoms with E-state index in [0.717, 1.165) is 11.3 Å². The van der Waals surface area contributed by atoms with E-state index in [1.165, 1.54) is 6.21 Å². The van der Waals surface area contributed by atoms with Crippen molar-refractivity contribution in [2.45, 2.75) is 6.92 Å². The lowest BCUT2D eigenvalue weighted by Crippen LogP contribution is -2.24. The summed E-state index contributed by atoms with van der Waals surface area (Å²) in [5, 5.41) is 4.34. The molecule has 0 aliphatic heterocycles. The number of carbonyl (C=O) groups is 1. The van der Waals surface area contributed by atoms with Crippen LogP contribution in [0.4, 0.5) is 0 Å². The fourth-order valence-electron chi connectivity index (χ4n) is 1.77. The number of rotatable bonds is 7. The molecule has 6 heteroatoms. The minimum atomic E-state index is -0.373. The third-order valence-corrected chi connectivity index (χ3v) is 3.08. The van der Waals surface area contributed by atoms with E-state index in [9.17, 15) is 4.79 Å². The Bertz CT molecular complexity index is 689. The van der Waals surface area contributed by atoms with Crippen molar-refractivity contribution in [3.05, 3.63) is 59.1 Å². The summed E-state index contributed by atoms with van der Waals surface area (Å²) in [6.45, 7) is 2.34. The Labute approximate surface area is 139 Å². The molecule has 1 N–H and O–H groups in total. The van der Waals surface area contributed by atoms with Crippen molar-refractivity contribution in [1.82, 2.24) is 5.43 Å². The van der Waals surface area contributed by atoms with E-state index in [1.807, 2.05) is 31.2 Å². The van der Waals surface area contributed by atoms with Crippen LogP contribution in [-0.4, -0.2) is 25.3 Å². The van der Waals surface area contributed by atoms with Gasteiger partial charge in [0.15, 0.2) is 6.61 Å². The number of para-hydroxylation sites is 1. The third kappa shape index (κ3) is 5.64. The molecule has 2 aromatic rings. The topological polar surface area (TPSA) is 59.9 Å². The van der Waals surface area contributed by atoms with Crippen molar-refractivity contribution >= 4 is 23.7 Å². The van der Waals surface area contributed by atoms with Crippen LogP contribution in [0.3, 0.4) is 0 Å². The second-order valence-electron chi connectivity index (χ2n) is 4.52. The molecule has 0 fully saturated rings. The molecule has 0 aliphatic rings. The van der Waals surface area contributed by atoms with E-state index >= 15 is 0 Å². The van der Waals surface area contributed by atoms with Crippen molar-refractivity contribution in [2.75, 3.05) is 13.2 Å². The maximum Gasteiger partial charge on any atom is 0.277 e. The summed E-state index contributed by atoms with van der Waals surface area (Å²) in [7, 11) is 0. The van der Waals surface area contributed by atoms with Crippen LogP contribution in [-0.2, 0) is 4.79 Å². The zero-order chi connectivity index (χ0) is 16.5. The van der Waals surface area contributed by atoms with Crippen molar-refractivity contribution in [3.63, 3.8) is 0 Å². The van der Waals surface area contributed by atoms with Gasteiger partial charge < -0.3 is 9.47 Å². The standard InChI is InChI=1S/C17H17ClN2O3/c1-2-22-14-7-5-6-13(10-14)11-19-20-17(21)12-23-16-9-4-3-8-15(16)18/h3-11H,2,12H2,1H3,(H,20,21)/b19-11-. The molecular weight excluding hydrogens is 316 g/mol. The lowest BCUT2D eigenvalue weighted by atomic mass is 10.2. The minimum Gasteiger partial charge on any atom is -0.494 e. The Kier molecular flexibility index (Phi) is 6.44. The monoisotopic (exact) mass is 332 g/mol. The first kappa shape index (κ1) is 16.8. The Morgan fingerprint density at radius 3 is 2.83 bits per heavy atom. The third-order valence-electron chi connectivity index (χ3n) is 2.77. The van der Waals surface area contributed by atoms with E-state index in [0.29, 0.717) is 17.4 Å². The van der Waals surface area contributed by atoms with E-state index in [1.54, 1.807) is 24.3 Å². The van der Waals surface area contributed by atoms with Crippen LogP contribution in [0.2, 0.25) is 5.02 Å². The van der Waals surface area contributed by atoms with Gasteiger partial charge in [-0.25, -0.2) is 5.43 Å². The number of hydrazone groups is 1. The first-order chi connectivity index (χ1) is 11.2. The van der Waals surface area contributed by atoms with Gasteiger partial charge in [-0.05, 0) is 36.8 Å². The van der Waals surface area contributed by atoms with Gasteiger partial charge in [-0.15, -0.1) is 0 Å². The molecule has 0 saturated heterocycles. The average molecular weight is 333 g/mol. The summed E-state index contributed by atoms with van der Waals surface area (Å²) in [5.41, 5.74) is 3.22. The number of halogens is 1. The molecule has 0 heterocycles. The molecule has 0 unspecified atom stereocenters. The van der Waals surface area contributed by atoms with E-state index in [4.69, 9.17) is 21.1 Å². The van der Waals surface area contributed by atoms with Gasteiger partial charge in [-0.3, -0.25) is 4.79 Å². The summed E-state index contributed by atoms with van der Waals surface area (Å²) in [5.74, 6) is 0.838. The van der Waals surface area contributed by atoms with Crippen molar-refractivity contribution in [2.24, 2.45) is 5.10 Å². The molecular formula is C17H17ClN2O3. The summed E-state index contributed by atoms with van der Waals surface area (Å²) >= 11 is 5.93. The van der Waals surface area contributed by atoms with Crippen LogP contribution < -0.4 is 14.9 Å². The smallest absolute Gasteiger partial charge is 0.277 e. The second-order valence-corrected chi connectivity index (χ2v) is 4.92. The molecule has 1 amide bonds. The van der Waals surface area contributed by atoms with E-state index in [2.05, 4.69) is 10.5 Å². The highest BCUT2D eigenvalue weighted by molar-refractivity contribution is 6.32. The molecule has 0 radical (unpaired) electrons. The largest absolute Gasteiger partial charge is 0.494 e. The number of hydrogen-bond acceptors (Lipinski definition) is 4. The van der Waals surface area contributed by atoms with Gasteiger partial charge in [0.1, 0.15) is 11.5 Å². The molecule has 2 aromatic carbocycles. The SMILES string of the molecule is CCOc1cccc(/C=N\NC(=O)COc2ccccc2Cl)c1. The van der Waals surface area contributed by atoms with Crippen molar-refractivity contribution < 1.29 is 14.3 Å². The molecule has 23 heavy (non-hydrogen) atoms. The van der Waals surface area contributed by atoms with Crippen LogP contribution in [0.5, 0.6) is 11.5 Å². The number of hydrogen-bond donors (Lipinski definition) is 1. The van der Waals surface area contributed by atoms with Crippen LogP contribution in [0.25, 0.3) is 0 Å². The number of ether oxygens (including phenoxy) is 2. The molecule has 0 spiro atoms. The normalized spacial score (nSPS) is 10.5. The van der Waals surface area contributed by atoms with Crippen LogP contribution in [0.15, 0.2) is 53.6 Å². The van der Waals surface area contributed by atoms with Gasteiger partial charge in [0.2, 0.25) is 0 Å². The second kappa shape index (κ2) is 8.80. The fraction of sp³-hybridized carbons (Fsp3) is 0.176. The molecule has 0 atom stereocenters. The number of nitrogens with one attached hydrogen (secondary N) is 1. The average Bonchev–Trinajstić information content (AvgIpc) is 2.55. The van der Waals surface area contributed by atoms with Crippen molar-refractivity contribution in [3.8, 4) is 11.5 Å². The quantitative estimate of drug-likeness (QED) is 0.625. The van der Waals surface area contributed by atoms with Gasteiger partial charge in [-0.1, -0.05) is 35.9 Å². The van der Waals surface area contributed by atoms with Crippen LogP contribution in [0, 0.1) is 0 Å². The highest BCUT2D eigenvalue weighted by Crippen LogP contribution is 2.22. The summed E-state index contributed by atoms with van der Waals surface area (Å²) in [4.78, 5) is 11.7. The minimum absolute atomic E-state index is 0.167. The first-order valence-electron chi connectivity index (χ1n) is 7.11. The first-order valence-corrected chi connectivity index (χ1v) is 7.49. The predicted molar refractivity (Wildman–Crippen MR) is 90.3 cm³/mol. The highest BCUT2D eigenvalue weighted by Gasteiger charge is 2.04. The molecule has 5 nitrogen and oxygen atoms in total. The molecule has 2 rings (SSSR count). The Hall–Kier alpha value is -2.53. The van der Waals surface area contributed by atoms with Gasteiger partial charge >= 0.3 is 0 Å². The fourth-order valence-corrected chi connectivity index (χ4v) is 1.96. The summed E-state index contributed by atoms with van der Waals surface area (Å²) in [6.07, 6.45) is 1.54. The van der Waals surface area contributed by atoms with E-state index < -0.39 is 0 Å². The Morgan fingerprint density at radius 1 is 1.22 bits per heavy atom. The zero-order valence-electron chi connectivity index (χ0n) is 12.7. The maximum atomic E-state index is 11.7. The van der Waals surface area contributed by atoms with Gasteiger partial charge in [0.25, 0.3) is 5.91 Å². The maximum absolute atomic E-state index is 11.7. The summed E-state index contributed by atoms with van der Waals surface area (Å²) < 4.78 is 10.7. The number of carbonyl (C=O) groups excluding carboxylic acids is 1. The van der Waals surface area contributed by atoms with Gasteiger partial charge in [-0.2, -0.15) is 5.10 Å². The number of benzene rings is 2. The Balaban J connectivity index is 1.82. The molecule has 0 saturated carbocycles. The number of nitrogens with zero attached hydrogens (tertiary/aromatic N) is 1. The predicted octanol–water partition coefficient (Wildman–Crippen LogP) is 3.27. The highest BCUT2D eigenvalue weighted by atomic mass is 35.5. The number of amides is 1. The van der Waals surface area contributed by atoms with Gasteiger partial charge in [0.05, 0.1) is 17.8 Å². The molecule has 0 bridgehead atoms. The lowest BCUT2D eigenvalue weighted by Gasteiger charge is -2.06. The molecule has 120 valence electrons. The lowest BCUT2D eigenvalue weighted by molar-refractivity contribution is -0.123. The summed E-state index contributed by atoms with van der Waals surface area (Å²) in [6, 6.07) is 14.4. The molecule has 0 aliphatic carbocycles.